The number of benzene rings is 2. The van der Waals surface area contributed by atoms with Crippen LogP contribution >= 0.6 is 0 Å². The van der Waals surface area contributed by atoms with Gasteiger partial charge in [0.2, 0.25) is 5.91 Å². The number of alkyl halides is 3. The monoisotopic (exact) mass is 319 g/mol. The molecule has 0 aliphatic carbocycles. The fraction of sp³-hybridized carbons (Fsp3) is 0.250. The summed E-state index contributed by atoms with van der Waals surface area (Å²) >= 11 is 0. The van der Waals surface area contributed by atoms with Gasteiger partial charge in [-0.15, -0.1) is 0 Å². The Morgan fingerprint density at radius 3 is 2.61 bits per heavy atom. The number of rotatable bonds is 2. The number of fused-ring (bicyclic) bond motifs is 1. The lowest BCUT2D eigenvalue weighted by molar-refractivity contribution is -0.191. The maximum absolute atomic E-state index is 13.5. The maximum atomic E-state index is 13.5. The molecule has 7 heteroatoms. The van der Waals surface area contributed by atoms with E-state index >= 15 is 0 Å². The predicted octanol–water partition coefficient (Wildman–Crippen LogP) is 3.05. The van der Waals surface area contributed by atoms with Crippen molar-refractivity contribution < 1.29 is 18.0 Å². The second-order valence-corrected chi connectivity index (χ2v) is 5.32. The van der Waals surface area contributed by atoms with E-state index in [-0.39, 0.29) is 24.1 Å². The number of nitrogens with one attached hydrogen (secondary N) is 1. The van der Waals surface area contributed by atoms with Gasteiger partial charge in [0.05, 0.1) is 11.6 Å². The van der Waals surface area contributed by atoms with Crippen LogP contribution in [0.5, 0.6) is 0 Å². The topological polar surface area (TPSA) is 56.1 Å². The molecule has 23 heavy (non-hydrogen) atoms. The quantitative estimate of drug-likeness (QED) is 0.925. The van der Waals surface area contributed by atoms with Gasteiger partial charge in [-0.25, -0.2) is 5.01 Å². The molecule has 1 heterocycles. The second-order valence-electron chi connectivity index (χ2n) is 5.32. The van der Waals surface area contributed by atoms with Crippen molar-refractivity contribution in [1.29, 1.82) is 5.26 Å². The molecule has 0 saturated carbocycles. The molecule has 0 bridgehead atoms. The van der Waals surface area contributed by atoms with Crippen molar-refractivity contribution in [1.82, 2.24) is 10.4 Å². The van der Waals surface area contributed by atoms with Gasteiger partial charge in [-0.2, -0.15) is 18.4 Å². The smallest absolute Gasteiger partial charge is 0.288 e. The highest BCUT2D eigenvalue weighted by Gasteiger charge is 2.47. The average molecular weight is 319 g/mol. The van der Waals surface area contributed by atoms with E-state index in [4.69, 9.17) is 0 Å². The molecule has 0 radical (unpaired) electrons. The van der Waals surface area contributed by atoms with Gasteiger partial charge in [0.25, 0.3) is 0 Å². The van der Waals surface area contributed by atoms with Crippen LogP contribution in [0.1, 0.15) is 23.6 Å². The minimum atomic E-state index is -4.58. The molecule has 1 saturated heterocycles. The van der Waals surface area contributed by atoms with E-state index < -0.39 is 18.1 Å². The van der Waals surface area contributed by atoms with Gasteiger partial charge in [-0.3, -0.25) is 10.2 Å². The molecule has 1 aliphatic heterocycles. The molecule has 1 amide bonds. The number of amides is 1. The molecule has 0 spiro atoms. The van der Waals surface area contributed by atoms with E-state index in [9.17, 15) is 23.2 Å². The van der Waals surface area contributed by atoms with E-state index in [1.807, 2.05) is 6.07 Å². The molecule has 1 fully saturated rings. The van der Waals surface area contributed by atoms with E-state index in [1.165, 1.54) is 12.1 Å². The third-order valence-electron chi connectivity index (χ3n) is 3.79. The van der Waals surface area contributed by atoms with Gasteiger partial charge >= 0.3 is 6.18 Å². The van der Waals surface area contributed by atoms with Crippen molar-refractivity contribution in [3.8, 4) is 6.07 Å². The van der Waals surface area contributed by atoms with Crippen LogP contribution in [0.25, 0.3) is 10.8 Å². The minimum absolute atomic E-state index is 0.0191. The Balaban J connectivity index is 2.15. The van der Waals surface area contributed by atoms with Gasteiger partial charge in [-0.1, -0.05) is 24.3 Å². The van der Waals surface area contributed by atoms with Crippen LogP contribution < -0.4 is 5.43 Å². The molecule has 4 nitrogen and oxygen atoms in total. The molecular formula is C16H12F3N3O. The lowest BCUT2D eigenvalue weighted by Crippen LogP contribution is -2.43. The van der Waals surface area contributed by atoms with Gasteiger partial charge in [0, 0.05) is 13.0 Å². The van der Waals surface area contributed by atoms with Crippen molar-refractivity contribution >= 4 is 16.7 Å². The summed E-state index contributed by atoms with van der Waals surface area (Å²) in [6.07, 6.45) is -4.56. The largest absolute Gasteiger partial charge is 0.409 e. The Kier molecular flexibility index (Phi) is 3.70. The molecule has 1 N–H and O–H groups in total. The molecular weight excluding hydrogens is 307 g/mol. The van der Waals surface area contributed by atoms with Crippen molar-refractivity contribution in [2.45, 2.75) is 18.6 Å². The zero-order valence-electron chi connectivity index (χ0n) is 11.9. The first-order valence-corrected chi connectivity index (χ1v) is 6.96. The summed E-state index contributed by atoms with van der Waals surface area (Å²) in [6, 6.07) is 9.40. The Labute approximate surface area is 130 Å². The summed E-state index contributed by atoms with van der Waals surface area (Å²) in [5.41, 5.74) is 2.35. The van der Waals surface area contributed by atoms with E-state index in [0.717, 1.165) is 5.01 Å². The standard InChI is InChI=1S/C16H12F3N3O/c17-16(18,19)15(22-6-5-14(23)21-22)11-7-10-3-1-2-4-13(10)12(8-11)9-20/h1-4,7-8,15H,5-6H2,(H,21,23). The Morgan fingerprint density at radius 1 is 1.26 bits per heavy atom. The van der Waals surface area contributed by atoms with Crippen molar-refractivity contribution in [3.63, 3.8) is 0 Å². The average Bonchev–Trinajstić information content (AvgIpc) is 2.91. The molecule has 2 aromatic rings. The predicted molar refractivity (Wildman–Crippen MR) is 76.9 cm³/mol. The molecule has 0 aromatic heterocycles. The van der Waals surface area contributed by atoms with E-state index in [0.29, 0.717) is 10.8 Å². The summed E-state index contributed by atoms with van der Waals surface area (Å²) in [6.45, 7) is -0.0300. The zero-order valence-corrected chi connectivity index (χ0v) is 11.9. The molecule has 1 unspecified atom stereocenters. The number of halogens is 3. The van der Waals surface area contributed by atoms with Crippen molar-refractivity contribution in [2.75, 3.05) is 6.54 Å². The number of hydrogen-bond donors (Lipinski definition) is 1. The summed E-state index contributed by atoms with van der Waals surface area (Å²) < 4.78 is 40.6. The number of carbonyl (C=O) groups is 1. The Hall–Kier alpha value is -2.59. The molecule has 1 aliphatic rings. The van der Waals surface area contributed by atoms with Gasteiger partial charge in [0.15, 0.2) is 0 Å². The first-order chi connectivity index (χ1) is 10.9. The lowest BCUT2D eigenvalue weighted by Gasteiger charge is -2.29. The fourth-order valence-electron chi connectivity index (χ4n) is 2.82. The minimum Gasteiger partial charge on any atom is -0.288 e. The highest BCUT2D eigenvalue weighted by Crippen LogP contribution is 2.39. The number of hydrogen-bond acceptors (Lipinski definition) is 3. The highest BCUT2D eigenvalue weighted by molar-refractivity contribution is 5.88. The molecule has 2 aromatic carbocycles. The van der Waals surface area contributed by atoms with Gasteiger partial charge < -0.3 is 0 Å². The third-order valence-corrected chi connectivity index (χ3v) is 3.79. The van der Waals surface area contributed by atoms with Crippen LogP contribution in [0, 0.1) is 11.3 Å². The van der Waals surface area contributed by atoms with Crippen LogP contribution in [0.15, 0.2) is 36.4 Å². The summed E-state index contributed by atoms with van der Waals surface area (Å²) in [5, 5.41) is 11.3. The molecule has 3 rings (SSSR count). The van der Waals surface area contributed by atoms with Crippen LogP contribution in [0.4, 0.5) is 13.2 Å². The third kappa shape index (κ3) is 2.85. The Bertz CT molecular complexity index is 810. The summed E-state index contributed by atoms with van der Waals surface area (Å²) in [5.74, 6) is -0.444. The van der Waals surface area contributed by atoms with Crippen LogP contribution in [-0.4, -0.2) is 23.6 Å². The summed E-state index contributed by atoms with van der Waals surface area (Å²) in [4.78, 5) is 11.3. The number of carbonyl (C=O) groups excluding carboxylic acids is 1. The van der Waals surface area contributed by atoms with Gasteiger partial charge in [-0.05, 0) is 28.5 Å². The zero-order chi connectivity index (χ0) is 16.6. The van der Waals surface area contributed by atoms with Crippen molar-refractivity contribution in [2.24, 2.45) is 0 Å². The van der Waals surface area contributed by atoms with Crippen molar-refractivity contribution in [3.05, 3.63) is 47.5 Å². The normalized spacial score (nSPS) is 17.0. The highest BCUT2D eigenvalue weighted by atomic mass is 19.4. The SMILES string of the molecule is N#Cc1cc(C(N2CCC(=O)N2)C(F)(F)F)cc2ccccc12. The number of nitrogens with zero attached hydrogens (tertiary/aromatic N) is 2. The van der Waals surface area contributed by atoms with Crippen LogP contribution in [0.2, 0.25) is 0 Å². The fourth-order valence-corrected chi connectivity index (χ4v) is 2.82. The lowest BCUT2D eigenvalue weighted by atomic mass is 9.97. The van der Waals surface area contributed by atoms with Crippen LogP contribution in [-0.2, 0) is 4.79 Å². The molecule has 118 valence electrons. The van der Waals surface area contributed by atoms with E-state index in [2.05, 4.69) is 5.43 Å². The summed E-state index contributed by atoms with van der Waals surface area (Å²) in [7, 11) is 0. The number of nitriles is 1. The number of hydrazine groups is 1. The molecule has 1 atom stereocenters. The first kappa shape index (κ1) is 15.3. The van der Waals surface area contributed by atoms with Crippen LogP contribution in [0.3, 0.4) is 0 Å². The maximum Gasteiger partial charge on any atom is 0.409 e. The Morgan fingerprint density at radius 2 is 2.00 bits per heavy atom. The van der Waals surface area contributed by atoms with Gasteiger partial charge in [0.1, 0.15) is 6.04 Å². The van der Waals surface area contributed by atoms with E-state index in [1.54, 1.807) is 24.3 Å². The first-order valence-electron chi connectivity index (χ1n) is 6.96. The second kappa shape index (κ2) is 5.56.